The highest BCUT2D eigenvalue weighted by atomic mass is 79.9. The van der Waals surface area contributed by atoms with E-state index in [2.05, 4.69) is 20.9 Å². The van der Waals surface area contributed by atoms with Gasteiger partial charge in [-0.05, 0) is 22.0 Å². The molecule has 0 fully saturated rings. The first-order valence-electron chi connectivity index (χ1n) is 5.18. The van der Waals surface area contributed by atoms with Crippen molar-refractivity contribution in [3.05, 3.63) is 53.3 Å². The Morgan fingerprint density at radius 1 is 1.12 bits per heavy atom. The fourth-order valence-electron chi connectivity index (χ4n) is 1.83. The van der Waals surface area contributed by atoms with Crippen LogP contribution in [0.5, 0.6) is 5.75 Å². The van der Waals surface area contributed by atoms with Crippen molar-refractivity contribution < 1.29 is 5.11 Å². The molecule has 0 unspecified atom stereocenters. The number of imidazole rings is 1. The van der Waals surface area contributed by atoms with Crippen molar-refractivity contribution >= 4 is 21.4 Å². The summed E-state index contributed by atoms with van der Waals surface area (Å²) < 4.78 is 2.67. The van der Waals surface area contributed by atoms with E-state index in [4.69, 9.17) is 0 Å². The first-order chi connectivity index (χ1) is 8.25. The monoisotopic (exact) mass is 288 g/mol. The number of fused-ring (bicyclic) bond motifs is 1. The summed E-state index contributed by atoms with van der Waals surface area (Å²) >= 11 is 3.41. The lowest BCUT2D eigenvalue weighted by molar-refractivity contribution is 0.475. The lowest BCUT2D eigenvalue weighted by Crippen LogP contribution is -1.87. The quantitative estimate of drug-likeness (QED) is 0.744. The number of rotatable bonds is 1. The number of nitrogens with zero attached hydrogens (tertiary/aromatic N) is 2. The maximum atomic E-state index is 9.47. The third-order valence-corrected chi connectivity index (χ3v) is 3.20. The lowest BCUT2D eigenvalue weighted by atomic mass is 10.2. The van der Waals surface area contributed by atoms with Crippen LogP contribution in [-0.2, 0) is 0 Å². The fraction of sp³-hybridized carbons (Fsp3) is 0. The highest BCUT2D eigenvalue weighted by Gasteiger charge is 2.10. The molecule has 1 aromatic carbocycles. The summed E-state index contributed by atoms with van der Waals surface area (Å²) in [5.74, 6) is 1.09. The van der Waals surface area contributed by atoms with Gasteiger partial charge in [0.25, 0.3) is 0 Å². The topological polar surface area (TPSA) is 37.5 Å². The van der Waals surface area contributed by atoms with Crippen molar-refractivity contribution in [3.8, 4) is 17.1 Å². The molecule has 3 nitrogen and oxygen atoms in total. The van der Waals surface area contributed by atoms with Crippen molar-refractivity contribution in [2.75, 3.05) is 0 Å². The van der Waals surface area contributed by atoms with Gasteiger partial charge in [0.1, 0.15) is 16.2 Å². The van der Waals surface area contributed by atoms with E-state index in [9.17, 15) is 5.11 Å². The van der Waals surface area contributed by atoms with Gasteiger partial charge in [0, 0.05) is 17.8 Å². The minimum atomic E-state index is 0.234. The Bertz CT molecular complexity index is 676. The summed E-state index contributed by atoms with van der Waals surface area (Å²) in [6, 6.07) is 13.3. The smallest absolute Gasteiger partial charge is 0.145 e. The van der Waals surface area contributed by atoms with Crippen molar-refractivity contribution in [1.29, 1.82) is 0 Å². The highest BCUT2D eigenvalue weighted by molar-refractivity contribution is 9.10. The normalized spacial score (nSPS) is 10.9. The molecule has 3 aromatic rings. The summed E-state index contributed by atoms with van der Waals surface area (Å²) in [6.07, 6.45) is 1.81. The molecule has 3 rings (SSSR count). The third kappa shape index (κ3) is 1.70. The minimum absolute atomic E-state index is 0.234. The van der Waals surface area contributed by atoms with E-state index in [0.717, 1.165) is 21.5 Å². The number of aromatic nitrogens is 2. The summed E-state index contributed by atoms with van der Waals surface area (Å²) in [4.78, 5) is 4.47. The second kappa shape index (κ2) is 3.89. The molecular formula is C13H9BrN2O. The molecule has 17 heavy (non-hydrogen) atoms. The van der Waals surface area contributed by atoms with Gasteiger partial charge in [0.2, 0.25) is 0 Å². The molecule has 84 valence electrons. The number of hydrogen-bond acceptors (Lipinski definition) is 2. The molecule has 0 saturated carbocycles. The van der Waals surface area contributed by atoms with Gasteiger partial charge in [-0.3, -0.25) is 4.40 Å². The first-order valence-corrected chi connectivity index (χ1v) is 5.97. The van der Waals surface area contributed by atoms with Crippen molar-refractivity contribution in [3.63, 3.8) is 0 Å². The number of hydrogen-bond donors (Lipinski definition) is 1. The zero-order valence-corrected chi connectivity index (χ0v) is 10.4. The van der Waals surface area contributed by atoms with E-state index in [1.54, 1.807) is 12.1 Å². The van der Waals surface area contributed by atoms with E-state index in [0.29, 0.717) is 0 Å². The molecule has 0 saturated heterocycles. The molecule has 0 spiro atoms. The van der Waals surface area contributed by atoms with E-state index in [1.807, 2.05) is 40.9 Å². The van der Waals surface area contributed by atoms with Gasteiger partial charge in [-0.15, -0.1) is 0 Å². The van der Waals surface area contributed by atoms with Gasteiger partial charge in [-0.1, -0.05) is 30.3 Å². The predicted octanol–water partition coefficient (Wildman–Crippen LogP) is 3.47. The number of halogens is 1. The Hall–Kier alpha value is -1.81. The molecule has 4 heteroatoms. The van der Waals surface area contributed by atoms with Crippen molar-refractivity contribution in [2.24, 2.45) is 0 Å². The molecule has 0 radical (unpaired) electrons. The number of benzene rings is 1. The molecule has 1 N–H and O–H groups in total. The SMILES string of the molecule is Oc1ccn2c(-c3ccccc3)nc(Br)c2c1. The van der Waals surface area contributed by atoms with Gasteiger partial charge >= 0.3 is 0 Å². The maximum absolute atomic E-state index is 9.47. The predicted molar refractivity (Wildman–Crippen MR) is 70.0 cm³/mol. The minimum Gasteiger partial charge on any atom is -0.508 e. The summed E-state index contributed by atoms with van der Waals surface area (Å²) in [7, 11) is 0. The van der Waals surface area contributed by atoms with Gasteiger partial charge < -0.3 is 5.11 Å². The Labute approximate surface area is 106 Å². The van der Waals surface area contributed by atoms with Crippen LogP contribution in [0.1, 0.15) is 0 Å². The molecule has 0 aliphatic heterocycles. The van der Waals surface area contributed by atoms with Gasteiger partial charge in [-0.25, -0.2) is 4.98 Å². The second-order valence-corrected chi connectivity index (χ2v) is 4.48. The van der Waals surface area contributed by atoms with Crippen LogP contribution >= 0.6 is 15.9 Å². The van der Waals surface area contributed by atoms with Gasteiger partial charge in [0.15, 0.2) is 0 Å². The Kier molecular flexibility index (Phi) is 2.37. The van der Waals surface area contributed by atoms with Crippen molar-refractivity contribution in [2.45, 2.75) is 0 Å². The molecule has 2 aromatic heterocycles. The first kappa shape index (κ1) is 10.4. The van der Waals surface area contributed by atoms with Crippen LogP contribution in [-0.4, -0.2) is 14.5 Å². The van der Waals surface area contributed by atoms with E-state index < -0.39 is 0 Å². The van der Waals surface area contributed by atoms with Crippen LogP contribution in [0, 0.1) is 0 Å². The van der Waals surface area contributed by atoms with E-state index in [-0.39, 0.29) is 5.75 Å². The largest absolute Gasteiger partial charge is 0.508 e. The van der Waals surface area contributed by atoms with Crippen LogP contribution in [0.2, 0.25) is 0 Å². The summed E-state index contributed by atoms with van der Waals surface area (Å²) in [5.41, 5.74) is 1.89. The molecule has 0 aliphatic rings. The van der Waals surface area contributed by atoms with Crippen LogP contribution in [0.4, 0.5) is 0 Å². The molecular weight excluding hydrogens is 280 g/mol. The summed E-state index contributed by atoms with van der Waals surface area (Å²) in [6.45, 7) is 0. The standard InChI is InChI=1S/C13H9BrN2O/c14-12-11-8-10(17)6-7-16(11)13(15-12)9-4-2-1-3-5-9/h1-8,17H. The van der Waals surface area contributed by atoms with E-state index in [1.165, 1.54) is 0 Å². The second-order valence-electron chi connectivity index (χ2n) is 3.73. The van der Waals surface area contributed by atoms with Crippen molar-refractivity contribution in [1.82, 2.24) is 9.38 Å². The maximum Gasteiger partial charge on any atom is 0.145 e. The Morgan fingerprint density at radius 3 is 2.65 bits per heavy atom. The molecule has 0 aliphatic carbocycles. The molecule has 2 heterocycles. The van der Waals surface area contributed by atoms with Crippen LogP contribution in [0.3, 0.4) is 0 Å². The average molecular weight is 289 g/mol. The van der Waals surface area contributed by atoms with Crippen LogP contribution in [0.15, 0.2) is 53.3 Å². The lowest BCUT2D eigenvalue weighted by Gasteiger charge is -2.01. The van der Waals surface area contributed by atoms with Crippen LogP contribution in [0.25, 0.3) is 16.9 Å². The third-order valence-electron chi connectivity index (χ3n) is 2.61. The molecule has 0 bridgehead atoms. The number of pyridine rings is 1. The van der Waals surface area contributed by atoms with Gasteiger partial charge in [0.05, 0.1) is 5.52 Å². The molecule has 0 atom stereocenters. The highest BCUT2D eigenvalue weighted by Crippen LogP contribution is 2.27. The Morgan fingerprint density at radius 2 is 1.88 bits per heavy atom. The number of aromatic hydroxyl groups is 1. The fourth-order valence-corrected chi connectivity index (χ4v) is 2.30. The Balaban J connectivity index is 2.32. The van der Waals surface area contributed by atoms with Crippen LogP contribution < -0.4 is 0 Å². The zero-order valence-electron chi connectivity index (χ0n) is 8.84. The summed E-state index contributed by atoms with van der Waals surface area (Å²) in [5, 5.41) is 9.47. The van der Waals surface area contributed by atoms with E-state index >= 15 is 0 Å². The van der Waals surface area contributed by atoms with Gasteiger partial charge in [-0.2, -0.15) is 0 Å². The zero-order chi connectivity index (χ0) is 11.8. The molecule has 0 amide bonds. The average Bonchev–Trinajstić information content (AvgIpc) is 2.68.